The number of Topliss-reactive ketones (excluding diaryl/α,β-unsaturated/α-hetero) is 2. The highest BCUT2D eigenvalue weighted by atomic mass is 16.6. The fourth-order valence-electron chi connectivity index (χ4n) is 6.96. The number of nitrogens with two attached hydrogens (primary N) is 1. The molecule has 0 spiro atoms. The first kappa shape index (κ1) is 44.9. The molecule has 0 fully saturated rings. The van der Waals surface area contributed by atoms with Crippen molar-refractivity contribution in [2.24, 2.45) is 0 Å². The number of nitrogens with one attached hydrogen (secondary N) is 3. The predicted molar refractivity (Wildman–Crippen MR) is 250 cm³/mol. The number of aromatic nitrogens is 8. The quantitative estimate of drug-likeness (QED) is 0.0383. The average Bonchev–Trinajstić information content (AvgIpc) is 4.18. The zero-order chi connectivity index (χ0) is 47.2. The van der Waals surface area contributed by atoms with Crippen LogP contribution < -0.4 is 21.7 Å². The molecule has 68 heavy (non-hydrogen) atoms. The Morgan fingerprint density at radius 3 is 1.57 bits per heavy atom. The molecule has 4 aromatic heterocycles. The molecule has 0 aliphatic heterocycles. The van der Waals surface area contributed by atoms with Crippen LogP contribution in [-0.2, 0) is 24.4 Å². The Labute approximate surface area is 386 Å². The van der Waals surface area contributed by atoms with Crippen molar-refractivity contribution in [1.29, 1.82) is 10.5 Å². The van der Waals surface area contributed by atoms with Gasteiger partial charge in [-0.05, 0) is 99.0 Å². The molecule has 0 aliphatic rings. The van der Waals surface area contributed by atoms with Crippen LogP contribution in [0.4, 0.5) is 27.8 Å². The number of ether oxygens (including phenoxy) is 1. The van der Waals surface area contributed by atoms with Crippen molar-refractivity contribution in [2.45, 2.75) is 32.5 Å². The van der Waals surface area contributed by atoms with E-state index >= 15 is 0 Å². The summed E-state index contributed by atoms with van der Waals surface area (Å²) in [4.78, 5) is 47.6. The number of carbonyl (C=O) groups is 3. The van der Waals surface area contributed by atoms with Gasteiger partial charge in [-0.1, -0.05) is 54.6 Å². The molecule has 0 bridgehead atoms. The van der Waals surface area contributed by atoms with Crippen molar-refractivity contribution < 1.29 is 28.4 Å². The first-order valence-electron chi connectivity index (χ1n) is 21.1. The monoisotopic (exact) mass is 908 g/mol. The van der Waals surface area contributed by atoms with Crippen LogP contribution in [0.25, 0.3) is 45.1 Å². The lowest BCUT2D eigenvalue weighted by atomic mass is 10.1. The lowest BCUT2D eigenvalue weighted by molar-refractivity contribution is 0.0966. The number of imidazole rings is 2. The van der Waals surface area contributed by atoms with E-state index in [1.165, 1.54) is 0 Å². The van der Waals surface area contributed by atoms with E-state index in [1.54, 1.807) is 57.7 Å². The van der Waals surface area contributed by atoms with Crippen LogP contribution in [0.3, 0.4) is 0 Å². The maximum atomic E-state index is 13.3. The van der Waals surface area contributed by atoms with Crippen LogP contribution in [0, 0.1) is 22.7 Å². The number of carbonyl (C=O) groups excluding carboxylic acids is 3. The van der Waals surface area contributed by atoms with Gasteiger partial charge in [-0.25, -0.2) is 24.0 Å². The highest BCUT2D eigenvalue weighted by Crippen LogP contribution is 2.30. The van der Waals surface area contributed by atoms with E-state index < -0.39 is 6.09 Å². The van der Waals surface area contributed by atoms with E-state index in [0.717, 1.165) is 22.1 Å². The molecule has 1 amide bonds. The summed E-state index contributed by atoms with van der Waals surface area (Å²) in [6, 6.07) is 41.8. The molecule has 4 heterocycles. The van der Waals surface area contributed by atoms with E-state index in [1.807, 2.05) is 78.9 Å². The van der Waals surface area contributed by atoms with Crippen LogP contribution >= 0.6 is 0 Å². The first-order chi connectivity index (χ1) is 33.3. The zero-order valence-electron chi connectivity index (χ0n) is 36.1. The Hall–Kier alpha value is -9.69. The molecule has 0 aliphatic carbocycles. The van der Waals surface area contributed by atoms with E-state index in [9.17, 15) is 14.4 Å². The predicted octanol–water partition coefficient (Wildman–Crippen LogP) is 7.92. The Balaban J connectivity index is 0.000000192. The van der Waals surface area contributed by atoms with Gasteiger partial charge in [-0.15, -0.1) is 0 Å². The van der Waals surface area contributed by atoms with Crippen LogP contribution in [0.15, 0.2) is 137 Å². The number of para-hydroxylation sites is 4. The zero-order valence-corrected chi connectivity index (χ0v) is 36.1. The molecule has 20 nitrogen and oxygen atoms in total. The molecule has 0 atom stereocenters. The van der Waals surface area contributed by atoms with Gasteiger partial charge in [-0.3, -0.25) is 14.9 Å². The third-order valence-electron chi connectivity index (χ3n) is 10.3. The largest absolute Gasteiger partial charge is 0.444 e. The summed E-state index contributed by atoms with van der Waals surface area (Å²) in [5.41, 5.74) is 12.3. The Morgan fingerprint density at radius 1 is 0.603 bits per heavy atom. The number of anilines is 4. The minimum absolute atomic E-state index is 0.0216. The lowest BCUT2D eigenvalue weighted by Crippen LogP contribution is -2.14. The van der Waals surface area contributed by atoms with Gasteiger partial charge >= 0.3 is 6.09 Å². The molecule has 9 aromatic rings. The molecule has 0 radical (unpaired) electrons. The summed E-state index contributed by atoms with van der Waals surface area (Å²) in [5.74, 6) is 1.30. The van der Waals surface area contributed by atoms with E-state index in [0.29, 0.717) is 82.2 Å². The molecule has 0 saturated carbocycles. The number of nitrogens with zero attached hydrogens (tertiary/aromatic N) is 10. The number of ketones is 2. The van der Waals surface area contributed by atoms with Gasteiger partial charge < -0.3 is 30.2 Å². The Morgan fingerprint density at radius 2 is 1.07 bits per heavy atom. The van der Waals surface area contributed by atoms with Crippen molar-refractivity contribution in [3.63, 3.8) is 0 Å². The summed E-state index contributed by atoms with van der Waals surface area (Å²) >= 11 is 0. The van der Waals surface area contributed by atoms with E-state index in [-0.39, 0.29) is 37.7 Å². The molecule has 0 unspecified atom stereocenters. The van der Waals surface area contributed by atoms with Crippen molar-refractivity contribution in [1.82, 2.24) is 39.7 Å². The maximum absolute atomic E-state index is 13.3. The second-order valence-electron chi connectivity index (χ2n) is 14.8. The fourth-order valence-corrected chi connectivity index (χ4v) is 6.96. The van der Waals surface area contributed by atoms with Crippen molar-refractivity contribution in [3.05, 3.63) is 144 Å². The van der Waals surface area contributed by atoms with E-state index in [4.69, 9.17) is 30.3 Å². The molecular weight excluding hydrogens is 869 g/mol. The van der Waals surface area contributed by atoms with Crippen LogP contribution in [0.5, 0.6) is 0 Å². The van der Waals surface area contributed by atoms with Gasteiger partial charge in [-0.2, -0.15) is 10.5 Å². The maximum Gasteiger partial charge on any atom is 0.411 e. The lowest BCUT2D eigenvalue weighted by Gasteiger charge is -2.10. The number of nitrogen functional groups attached to an aromatic ring is 1. The molecule has 9 rings (SSSR count). The number of amides is 1. The van der Waals surface area contributed by atoms with Crippen molar-refractivity contribution in [2.75, 3.05) is 34.8 Å². The topological polar surface area (TPSA) is 284 Å². The highest BCUT2D eigenvalue weighted by Gasteiger charge is 2.24. The van der Waals surface area contributed by atoms with Gasteiger partial charge in [0.2, 0.25) is 11.6 Å². The van der Waals surface area contributed by atoms with Gasteiger partial charge in [0, 0.05) is 35.6 Å². The average molecular weight is 909 g/mol. The Kier molecular flexibility index (Phi) is 14.1. The number of rotatable bonds is 17. The summed E-state index contributed by atoms with van der Waals surface area (Å²) < 4.78 is 18.6. The summed E-state index contributed by atoms with van der Waals surface area (Å²) in [6.45, 7) is 0.941. The Bertz CT molecular complexity index is 3270. The van der Waals surface area contributed by atoms with Gasteiger partial charge in [0.15, 0.2) is 34.6 Å². The molecule has 5 N–H and O–H groups in total. The summed E-state index contributed by atoms with van der Waals surface area (Å²) in [6.07, 6.45) is -0.0114. The number of hydrogen-bond donors (Lipinski definition) is 4. The number of benzene rings is 5. The standard InChI is InChI=1S/C28H23N7O4.C20H17N7O2/c29-15-6-16-30-26-25(33-39-34-26)27-32-22-9-4-5-10-23(22)35(27)17-24(36)20-11-13-21(14-12-20)31-28(37)38-18-19-7-2-1-3-8-19;21-10-3-11-23-19-18(25-29-26-19)20-24-15-4-1-2-5-16(15)27(20)12-17(28)13-6-8-14(22)9-7-13/h1-5,7-14H,6,16-18H2,(H,30,34)(H,31,37);1-2,4-9H,3,11-12,22H2,(H,23,26). The van der Waals surface area contributed by atoms with Crippen molar-refractivity contribution >= 4 is 62.7 Å². The molecule has 338 valence electrons. The van der Waals surface area contributed by atoms with Gasteiger partial charge in [0.05, 0.1) is 60.1 Å². The molecule has 0 saturated heterocycles. The SMILES string of the molecule is N#CCCNc1nonc1-c1nc2ccccc2n1CC(=O)c1ccc(N)cc1.N#CCCNc1nonc1-c1nc2ccccc2n1CC(=O)c1ccc(NC(=O)OCc2ccccc2)cc1. The molecular formula is C48H40N14O6. The second kappa shape index (κ2) is 21.3. The second-order valence-corrected chi connectivity index (χ2v) is 14.8. The summed E-state index contributed by atoms with van der Waals surface area (Å²) in [7, 11) is 0. The first-order valence-corrected chi connectivity index (χ1v) is 21.1. The normalized spacial score (nSPS) is 10.7. The summed E-state index contributed by atoms with van der Waals surface area (Å²) in [5, 5.41) is 42.0. The van der Waals surface area contributed by atoms with Gasteiger partial charge in [0.1, 0.15) is 6.61 Å². The third kappa shape index (κ3) is 10.6. The number of nitriles is 2. The van der Waals surface area contributed by atoms with Crippen molar-refractivity contribution in [3.8, 4) is 35.2 Å². The fraction of sp³-hybridized carbons (Fsp3) is 0.146. The van der Waals surface area contributed by atoms with E-state index in [2.05, 4.69) is 58.7 Å². The minimum Gasteiger partial charge on any atom is -0.444 e. The molecule has 20 heteroatoms. The highest BCUT2D eigenvalue weighted by molar-refractivity contribution is 5.99. The molecule has 5 aromatic carbocycles. The van der Waals surface area contributed by atoms with Crippen LogP contribution in [0.1, 0.15) is 39.1 Å². The third-order valence-corrected chi connectivity index (χ3v) is 10.3. The number of hydrogen-bond acceptors (Lipinski definition) is 17. The minimum atomic E-state index is -0.590. The van der Waals surface area contributed by atoms with Gasteiger partial charge in [0.25, 0.3) is 0 Å². The van der Waals surface area contributed by atoms with Crippen LogP contribution in [-0.4, -0.2) is 70.5 Å². The smallest absolute Gasteiger partial charge is 0.411 e. The number of fused-ring (bicyclic) bond motifs is 2. The van der Waals surface area contributed by atoms with Crippen LogP contribution in [0.2, 0.25) is 0 Å².